The maximum atomic E-state index is 12.4. The summed E-state index contributed by atoms with van der Waals surface area (Å²) in [6.07, 6.45) is 0. The summed E-state index contributed by atoms with van der Waals surface area (Å²) >= 11 is 9.27. The molecule has 0 aliphatic rings. The van der Waals surface area contributed by atoms with Crippen molar-refractivity contribution < 1.29 is 13.2 Å². The number of hydrogen-bond acceptors (Lipinski definition) is 3. The number of hydrogen-bond donors (Lipinski definition) is 1. The molecule has 0 bridgehead atoms. The SMILES string of the molecule is COc1ccc(Br)cc1S(=O)(=O)NCc1ccccc1Cl. The summed E-state index contributed by atoms with van der Waals surface area (Å²) in [6, 6.07) is 11.9. The first-order valence-corrected chi connectivity index (χ1v) is 8.66. The molecule has 0 aromatic heterocycles. The maximum absolute atomic E-state index is 12.4. The summed E-state index contributed by atoms with van der Waals surface area (Å²) < 4.78 is 33.1. The molecule has 7 heteroatoms. The van der Waals surface area contributed by atoms with Crippen molar-refractivity contribution in [1.82, 2.24) is 4.72 Å². The number of halogens is 2. The molecule has 112 valence electrons. The van der Waals surface area contributed by atoms with Crippen molar-refractivity contribution in [3.63, 3.8) is 0 Å². The second-order valence-electron chi connectivity index (χ2n) is 4.21. The molecule has 21 heavy (non-hydrogen) atoms. The monoisotopic (exact) mass is 389 g/mol. The van der Waals surface area contributed by atoms with E-state index in [4.69, 9.17) is 16.3 Å². The Morgan fingerprint density at radius 1 is 1.24 bits per heavy atom. The molecule has 0 saturated heterocycles. The molecule has 0 atom stereocenters. The quantitative estimate of drug-likeness (QED) is 0.849. The van der Waals surface area contributed by atoms with Gasteiger partial charge in [0.1, 0.15) is 10.6 Å². The van der Waals surface area contributed by atoms with Gasteiger partial charge in [-0.2, -0.15) is 0 Å². The zero-order chi connectivity index (χ0) is 15.5. The molecule has 4 nitrogen and oxygen atoms in total. The summed E-state index contributed by atoms with van der Waals surface area (Å²) in [5.41, 5.74) is 0.705. The number of methoxy groups -OCH3 is 1. The number of rotatable bonds is 5. The van der Waals surface area contributed by atoms with Crippen LogP contribution in [0.4, 0.5) is 0 Å². The molecule has 2 aromatic rings. The highest BCUT2D eigenvalue weighted by atomic mass is 79.9. The van der Waals surface area contributed by atoms with E-state index in [0.717, 1.165) is 0 Å². The van der Waals surface area contributed by atoms with Gasteiger partial charge in [-0.15, -0.1) is 0 Å². The lowest BCUT2D eigenvalue weighted by atomic mass is 10.2. The Balaban J connectivity index is 2.27. The molecule has 0 spiro atoms. The van der Waals surface area contributed by atoms with Gasteiger partial charge in [-0.25, -0.2) is 13.1 Å². The largest absolute Gasteiger partial charge is 0.495 e. The van der Waals surface area contributed by atoms with E-state index in [9.17, 15) is 8.42 Å². The summed E-state index contributed by atoms with van der Waals surface area (Å²) in [6.45, 7) is 0.109. The van der Waals surface area contributed by atoms with Crippen molar-refractivity contribution in [1.29, 1.82) is 0 Å². The minimum Gasteiger partial charge on any atom is -0.495 e. The fraction of sp³-hybridized carbons (Fsp3) is 0.143. The van der Waals surface area contributed by atoms with Gasteiger partial charge < -0.3 is 4.74 Å². The molecule has 0 saturated carbocycles. The molecular formula is C14H13BrClNO3S. The van der Waals surface area contributed by atoms with E-state index < -0.39 is 10.0 Å². The Kier molecular flexibility index (Phi) is 5.27. The average molecular weight is 391 g/mol. The summed E-state index contributed by atoms with van der Waals surface area (Å²) in [5, 5.41) is 0.515. The van der Waals surface area contributed by atoms with Crippen LogP contribution in [0, 0.1) is 0 Å². The van der Waals surface area contributed by atoms with Crippen molar-refractivity contribution in [3.8, 4) is 5.75 Å². The van der Waals surface area contributed by atoms with Crippen LogP contribution in [0.1, 0.15) is 5.56 Å². The Labute approximate surface area is 137 Å². The maximum Gasteiger partial charge on any atom is 0.244 e. The summed E-state index contributed by atoms with van der Waals surface area (Å²) in [4.78, 5) is 0.0754. The van der Waals surface area contributed by atoms with Crippen molar-refractivity contribution in [3.05, 3.63) is 57.5 Å². The van der Waals surface area contributed by atoms with E-state index in [1.165, 1.54) is 13.2 Å². The minimum absolute atomic E-state index is 0.0754. The zero-order valence-electron chi connectivity index (χ0n) is 11.1. The highest BCUT2D eigenvalue weighted by Gasteiger charge is 2.20. The van der Waals surface area contributed by atoms with Crippen LogP contribution >= 0.6 is 27.5 Å². The van der Waals surface area contributed by atoms with Gasteiger partial charge in [-0.05, 0) is 29.8 Å². The topological polar surface area (TPSA) is 55.4 Å². The third kappa shape index (κ3) is 3.97. The van der Waals surface area contributed by atoms with Gasteiger partial charge in [0, 0.05) is 16.0 Å². The number of benzene rings is 2. The molecule has 1 N–H and O–H groups in total. The molecule has 0 unspecified atom stereocenters. The predicted molar refractivity (Wildman–Crippen MR) is 86.2 cm³/mol. The third-order valence-corrected chi connectivity index (χ3v) is 5.11. The molecule has 0 fully saturated rings. The standard InChI is InChI=1S/C14H13BrClNO3S/c1-20-13-7-6-11(15)8-14(13)21(18,19)17-9-10-4-2-3-5-12(10)16/h2-8,17H,9H2,1H3. The van der Waals surface area contributed by atoms with Gasteiger partial charge in [-0.3, -0.25) is 0 Å². The predicted octanol–water partition coefficient (Wildman–Crippen LogP) is 3.59. The van der Waals surface area contributed by atoms with Crippen molar-refractivity contribution in [2.45, 2.75) is 11.4 Å². The van der Waals surface area contributed by atoms with Crippen LogP contribution in [0.25, 0.3) is 0 Å². The van der Waals surface area contributed by atoms with Gasteiger partial charge in [0.2, 0.25) is 10.0 Å². The lowest BCUT2D eigenvalue weighted by molar-refractivity contribution is 0.402. The van der Waals surface area contributed by atoms with E-state index in [1.54, 1.807) is 36.4 Å². The number of nitrogens with one attached hydrogen (secondary N) is 1. The molecule has 0 heterocycles. The zero-order valence-corrected chi connectivity index (χ0v) is 14.3. The molecule has 0 aliphatic heterocycles. The second-order valence-corrected chi connectivity index (χ2v) is 7.27. The van der Waals surface area contributed by atoms with Crippen LogP contribution in [0.3, 0.4) is 0 Å². The normalized spacial score (nSPS) is 11.4. The summed E-state index contributed by atoms with van der Waals surface area (Å²) in [7, 11) is -2.28. The van der Waals surface area contributed by atoms with Gasteiger partial charge >= 0.3 is 0 Å². The Morgan fingerprint density at radius 3 is 2.62 bits per heavy atom. The summed E-state index contributed by atoms with van der Waals surface area (Å²) in [5.74, 6) is 0.282. The van der Waals surface area contributed by atoms with Gasteiger partial charge in [0.15, 0.2) is 0 Å². The Hall–Kier alpha value is -1.08. The fourth-order valence-electron chi connectivity index (χ4n) is 1.75. The van der Waals surface area contributed by atoms with E-state index in [-0.39, 0.29) is 17.2 Å². The van der Waals surface area contributed by atoms with Crippen molar-refractivity contribution >= 4 is 37.6 Å². The molecule has 2 aromatic carbocycles. The average Bonchev–Trinajstić information content (AvgIpc) is 2.46. The molecule has 2 rings (SSSR count). The van der Waals surface area contributed by atoms with Crippen LogP contribution in [0.15, 0.2) is 51.8 Å². The first kappa shape index (κ1) is 16.3. The van der Waals surface area contributed by atoms with E-state index in [1.807, 2.05) is 0 Å². The number of ether oxygens (including phenoxy) is 1. The first-order chi connectivity index (χ1) is 9.94. The smallest absolute Gasteiger partial charge is 0.244 e. The highest BCUT2D eigenvalue weighted by Crippen LogP contribution is 2.27. The van der Waals surface area contributed by atoms with Gasteiger partial charge in [0.05, 0.1) is 7.11 Å². The van der Waals surface area contributed by atoms with Crippen LogP contribution in [0.5, 0.6) is 5.75 Å². The van der Waals surface area contributed by atoms with E-state index in [2.05, 4.69) is 20.7 Å². The third-order valence-electron chi connectivity index (χ3n) is 2.83. The fourth-order valence-corrected chi connectivity index (χ4v) is 3.67. The Morgan fingerprint density at radius 2 is 1.95 bits per heavy atom. The van der Waals surface area contributed by atoms with Crippen molar-refractivity contribution in [2.75, 3.05) is 7.11 Å². The lowest BCUT2D eigenvalue weighted by Gasteiger charge is -2.11. The van der Waals surface area contributed by atoms with E-state index >= 15 is 0 Å². The van der Waals surface area contributed by atoms with Crippen LogP contribution in [-0.2, 0) is 16.6 Å². The van der Waals surface area contributed by atoms with E-state index in [0.29, 0.717) is 15.1 Å². The van der Waals surface area contributed by atoms with Gasteiger partial charge in [0.25, 0.3) is 0 Å². The van der Waals surface area contributed by atoms with Crippen LogP contribution < -0.4 is 9.46 Å². The number of sulfonamides is 1. The highest BCUT2D eigenvalue weighted by molar-refractivity contribution is 9.10. The van der Waals surface area contributed by atoms with Crippen LogP contribution in [0.2, 0.25) is 5.02 Å². The minimum atomic E-state index is -3.70. The molecular weight excluding hydrogens is 378 g/mol. The molecule has 0 aliphatic carbocycles. The molecule has 0 radical (unpaired) electrons. The second kappa shape index (κ2) is 6.79. The van der Waals surface area contributed by atoms with Crippen LogP contribution in [-0.4, -0.2) is 15.5 Å². The van der Waals surface area contributed by atoms with Crippen molar-refractivity contribution in [2.24, 2.45) is 0 Å². The Bertz CT molecular complexity index is 750. The molecule has 0 amide bonds. The van der Waals surface area contributed by atoms with Gasteiger partial charge in [-0.1, -0.05) is 45.7 Å². The lowest BCUT2D eigenvalue weighted by Crippen LogP contribution is -2.24. The first-order valence-electron chi connectivity index (χ1n) is 6.00.